The zero-order chi connectivity index (χ0) is 18.7. The van der Waals surface area contributed by atoms with Crippen LogP contribution in [0, 0.1) is 0 Å². The van der Waals surface area contributed by atoms with E-state index in [4.69, 9.17) is 16.3 Å². The zero-order valence-corrected chi connectivity index (χ0v) is 15.5. The predicted molar refractivity (Wildman–Crippen MR) is 103 cm³/mol. The van der Waals surface area contributed by atoms with Crippen molar-refractivity contribution in [1.82, 2.24) is 0 Å². The second-order valence-electron chi connectivity index (χ2n) is 6.41. The van der Waals surface area contributed by atoms with Gasteiger partial charge < -0.3 is 4.74 Å². The summed E-state index contributed by atoms with van der Waals surface area (Å²) in [4.78, 5) is 26.1. The third kappa shape index (κ3) is 3.83. The molecule has 0 spiro atoms. The van der Waals surface area contributed by atoms with Crippen LogP contribution in [0.25, 0.3) is 0 Å². The summed E-state index contributed by atoms with van der Waals surface area (Å²) < 4.78 is 5.12. The van der Waals surface area contributed by atoms with Gasteiger partial charge in [0.1, 0.15) is 5.88 Å². The molecule has 5 nitrogen and oxygen atoms in total. The summed E-state index contributed by atoms with van der Waals surface area (Å²) >= 11 is 5.87. The lowest BCUT2D eigenvalue weighted by atomic mass is 10.0. The van der Waals surface area contributed by atoms with Crippen LogP contribution < -0.4 is 10.2 Å². The molecule has 2 amide bonds. The van der Waals surface area contributed by atoms with Gasteiger partial charge in [0.25, 0.3) is 0 Å². The van der Waals surface area contributed by atoms with Gasteiger partial charge in [-0.2, -0.15) is 0 Å². The van der Waals surface area contributed by atoms with Crippen molar-refractivity contribution in [2.24, 2.45) is 0 Å². The molecule has 1 aliphatic rings. The molecule has 0 aromatic heterocycles. The number of nitrogens with one attached hydrogen (secondary N) is 1. The summed E-state index contributed by atoms with van der Waals surface area (Å²) in [6, 6.07) is 13.4. The molecule has 0 fully saturated rings. The van der Waals surface area contributed by atoms with Crippen molar-refractivity contribution in [2.45, 2.75) is 32.8 Å². The fourth-order valence-electron chi connectivity index (χ4n) is 3.09. The Morgan fingerprint density at radius 1 is 1.12 bits per heavy atom. The molecule has 1 N–H and O–H groups in total. The molecule has 1 heterocycles. The summed E-state index contributed by atoms with van der Waals surface area (Å²) in [7, 11) is 0. The van der Waals surface area contributed by atoms with E-state index in [9.17, 15) is 9.59 Å². The van der Waals surface area contributed by atoms with Crippen LogP contribution in [0.3, 0.4) is 0 Å². The quantitative estimate of drug-likeness (QED) is 0.798. The number of carbonyl (C=O) groups is 2. The monoisotopic (exact) mass is 372 g/mol. The first-order valence-electron chi connectivity index (χ1n) is 8.57. The molecular weight excluding hydrogens is 352 g/mol. The van der Waals surface area contributed by atoms with Gasteiger partial charge in [-0.15, -0.1) is 11.6 Å². The second-order valence-corrected chi connectivity index (χ2v) is 6.68. The van der Waals surface area contributed by atoms with Crippen molar-refractivity contribution in [3.63, 3.8) is 0 Å². The number of rotatable bonds is 3. The number of carbonyl (C=O) groups excluding carboxylic acids is 2. The van der Waals surface area contributed by atoms with Gasteiger partial charge in [0, 0.05) is 5.69 Å². The first kappa shape index (κ1) is 18.3. The van der Waals surface area contributed by atoms with E-state index in [0.717, 1.165) is 35.3 Å². The van der Waals surface area contributed by atoms with Crippen molar-refractivity contribution in [1.29, 1.82) is 0 Å². The predicted octanol–water partition coefficient (Wildman–Crippen LogP) is 4.65. The number of halogens is 1. The Balaban J connectivity index is 2.02. The van der Waals surface area contributed by atoms with Crippen molar-refractivity contribution in [3.8, 4) is 0 Å². The van der Waals surface area contributed by atoms with Gasteiger partial charge in [-0.25, -0.2) is 4.79 Å². The number of aryl methyl sites for hydroxylation is 2. The molecule has 26 heavy (non-hydrogen) atoms. The molecule has 0 bridgehead atoms. The van der Waals surface area contributed by atoms with Crippen molar-refractivity contribution < 1.29 is 14.3 Å². The lowest BCUT2D eigenvalue weighted by Gasteiger charge is -2.25. The van der Waals surface area contributed by atoms with E-state index < -0.39 is 6.09 Å². The molecule has 0 atom stereocenters. The van der Waals surface area contributed by atoms with Crippen LogP contribution in [0.2, 0.25) is 0 Å². The molecule has 1 aliphatic heterocycles. The Morgan fingerprint density at radius 2 is 1.81 bits per heavy atom. The lowest BCUT2D eigenvalue weighted by molar-refractivity contribution is -0.115. The third-order valence-corrected chi connectivity index (χ3v) is 4.40. The van der Waals surface area contributed by atoms with Crippen LogP contribution >= 0.6 is 11.6 Å². The summed E-state index contributed by atoms with van der Waals surface area (Å²) in [5.74, 6) is -0.329. The second kappa shape index (κ2) is 7.79. The summed E-state index contributed by atoms with van der Waals surface area (Å²) in [5.41, 5.74) is 4.27. The topological polar surface area (TPSA) is 58.6 Å². The van der Waals surface area contributed by atoms with Crippen LogP contribution in [0.15, 0.2) is 42.5 Å². The molecule has 0 saturated heterocycles. The molecule has 2 aromatic carbocycles. The summed E-state index contributed by atoms with van der Waals surface area (Å²) in [6.45, 7) is 3.57. The number of alkyl halides is 1. The largest absolute Gasteiger partial charge is 0.447 e. The zero-order valence-electron chi connectivity index (χ0n) is 14.8. The maximum absolute atomic E-state index is 12.6. The maximum atomic E-state index is 12.6. The number of hydrogen-bond acceptors (Lipinski definition) is 3. The van der Waals surface area contributed by atoms with Gasteiger partial charge in [-0.3, -0.25) is 15.0 Å². The minimum Gasteiger partial charge on any atom is -0.447 e. The molecule has 0 unspecified atom stereocenters. The highest BCUT2D eigenvalue weighted by Gasteiger charge is 2.25. The Bertz CT molecular complexity index is 836. The Hall–Kier alpha value is -2.53. The molecular formula is C20H21ClN2O3. The highest BCUT2D eigenvalue weighted by atomic mass is 35.5. The fourth-order valence-corrected chi connectivity index (χ4v) is 3.21. The lowest BCUT2D eigenvalue weighted by Crippen LogP contribution is -2.28. The van der Waals surface area contributed by atoms with E-state index >= 15 is 0 Å². The minimum atomic E-state index is -0.524. The standard InChI is InChI=1S/C20H21ClN2O3/c1-13(2)26-20(25)22-16-10-9-15-8-7-14-5-3-4-6-17(14)23(18(15)11-16)19(24)12-21/h3-6,9-11,13H,7-8,12H2,1-2H3,(H,22,25). The van der Waals surface area contributed by atoms with Crippen LogP contribution in [-0.4, -0.2) is 24.0 Å². The van der Waals surface area contributed by atoms with Gasteiger partial charge in [0.15, 0.2) is 0 Å². The molecule has 0 radical (unpaired) electrons. The number of benzene rings is 2. The summed E-state index contributed by atoms with van der Waals surface area (Å²) in [6.07, 6.45) is 0.897. The number of ether oxygens (including phenoxy) is 1. The Morgan fingerprint density at radius 3 is 2.50 bits per heavy atom. The smallest absolute Gasteiger partial charge is 0.411 e. The highest BCUT2D eigenvalue weighted by Crippen LogP contribution is 2.37. The van der Waals surface area contributed by atoms with E-state index in [0.29, 0.717) is 5.69 Å². The summed E-state index contributed by atoms with van der Waals surface area (Å²) in [5, 5.41) is 2.71. The van der Waals surface area contributed by atoms with Gasteiger partial charge in [-0.05, 0) is 56.0 Å². The van der Waals surface area contributed by atoms with E-state index in [2.05, 4.69) is 5.32 Å². The molecule has 0 aliphatic carbocycles. The first-order valence-corrected chi connectivity index (χ1v) is 9.10. The number of para-hydroxylation sites is 1. The van der Waals surface area contributed by atoms with E-state index in [-0.39, 0.29) is 17.9 Å². The highest BCUT2D eigenvalue weighted by molar-refractivity contribution is 6.30. The number of anilines is 3. The van der Waals surface area contributed by atoms with Crippen molar-refractivity contribution in [2.75, 3.05) is 16.1 Å². The fraction of sp³-hybridized carbons (Fsp3) is 0.300. The van der Waals surface area contributed by atoms with E-state index in [1.165, 1.54) is 0 Å². The average molecular weight is 373 g/mol. The molecule has 136 valence electrons. The van der Waals surface area contributed by atoms with Gasteiger partial charge in [0.2, 0.25) is 5.91 Å². The normalized spacial score (nSPS) is 12.8. The average Bonchev–Trinajstić information content (AvgIpc) is 2.77. The first-order chi connectivity index (χ1) is 12.5. The minimum absolute atomic E-state index is 0.124. The van der Waals surface area contributed by atoms with Gasteiger partial charge in [-0.1, -0.05) is 24.3 Å². The Kier molecular flexibility index (Phi) is 5.47. The Labute approximate surface area is 157 Å². The van der Waals surface area contributed by atoms with Crippen molar-refractivity contribution in [3.05, 3.63) is 53.6 Å². The number of hydrogen-bond donors (Lipinski definition) is 1. The van der Waals surface area contributed by atoms with E-state index in [1.54, 1.807) is 24.8 Å². The van der Waals surface area contributed by atoms with Gasteiger partial charge in [0.05, 0.1) is 17.5 Å². The molecule has 2 aromatic rings. The van der Waals surface area contributed by atoms with Gasteiger partial charge >= 0.3 is 6.09 Å². The maximum Gasteiger partial charge on any atom is 0.411 e. The van der Waals surface area contributed by atoms with Crippen LogP contribution in [-0.2, 0) is 22.4 Å². The number of amides is 2. The molecule has 0 saturated carbocycles. The van der Waals surface area contributed by atoms with Crippen LogP contribution in [0.1, 0.15) is 25.0 Å². The molecule has 3 rings (SSSR count). The van der Waals surface area contributed by atoms with E-state index in [1.807, 2.05) is 36.4 Å². The third-order valence-electron chi connectivity index (χ3n) is 4.18. The van der Waals surface area contributed by atoms with Crippen molar-refractivity contribution >= 4 is 40.7 Å². The van der Waals surface area contributed by atoms with Crippen LogP contribution in [0.5, 0.6) is 0 Å². The number of nitrogens with zero attached hydrogens (tertiary/aromatic N) is 1. The van der Waals surface area contributed by atoms with Crippen LogP contribution in [0.4, 0.5) is 21.9 Å². The SMILES string of the molecule is CC(C)OC(=O)Nc1ccc2c(c1)N(C(=O)CCl)c1ccccc1CC2. The number of fused-ring (bicyclic) bond motifs is 2. The molecule has 6 heteroatoms.